The molecule has 1 aromatic rings. The van der Waals surface area contributed by atoms with Crippen LogP contribution in [0.2, 0.25) is 0 Å². The Balaban J connectivity index is 1.59. The molecule has 2 aliphatic heterocycles. The average Bonchev–Trinajstić information content (AvgIpc) is 2.69. The van der Waals surface area contributed by atoms with Crippen LogP contribution in [-0.2, 0) is 0 Å². The van der Waals surface area contributed by atoms with Crippen LogP contribution in [0.25, 0.3) is 0 Å². The SMILES string of the molecule is CCCCN1CCN(c2c(N3CCN(CCCC)CC3)c(=O)c2=O)CC1. The monoisotopic (exact) mass is 362 g/mol. The zero-order valence-corrected chi connectivity index (χ0v) is 16.5. The number of hydrogen-bond donors (Lipinski definition) is 0. The third-order valence-electron chi connectivity index (χ3n) is 5.89. The fraction of sp³-hybridized carbons (Fsp3) is 0.800. The van der Waals surface area contributed by atoms with E-state index < -0.39 is 0 Å². The Labute approximate surface area is 157 Å². The Hall–Kier alpha value is -1.40. The highest BCUT2D eigenvalue weighted by Crippen LogP contribution is 2.26. The molecule has 0 radical (unpaired) electrons. The minimum atomic E-state index is -0.268. The summed E-state index contributed by atoms with van der Waals surface area (Å²) in [4.78, 5) is 33.8. The number of unbranched alkanes of at least 4 members (excludes halogenated alkanes) is 2. The maximum Gasteiger partial charge on any atom is 0.253 e. The minimum Gasteiger partial charge on any atom is -0.364 e. The molecule has 0 spiro atoms. The Morgan fingerprint density at radius 3 is 1.27 bits per heavy atom. The van der Waals surface area contributed by atoms with Crippen LogP contribution in [0, 0.1) is 0 Å². The second-order valence-electron chi connectivity index (χ2n) is 7.72. The quantitative estimate of drug-likeness (QED) is 0.646. The van der Waals surface area contributed by atoms with Crippen molar-refractivity contribution in [1.82, 2.24) is 9.80 Å². The third kappa shape index (κ3) is 4.12. The summed E-state index contributed by atoms with van der Waals surface area (Å²) in [5, 5.41) is 0. The van der Waals surface area contributed by atoms with E-state index in [4.69, 9.17) is 0 Å². The number of nitrogens with zero attached hydrogens (tertiary/aromatic N) is 4. The van der Waals surface area contributed by atoms with Crippen LogP contribution in [0.15, 0.2) is 9.59 Å². The van der Waals surface area contributed by atoms with Gasteiger partial charge in [0, 0.05) is 52.4 Å². The average molecular weight is 363 g/mol. The van der Waals surface area contributed by atoms with Gasteiger partial charge in [0.25, 0.3) is 10.9 Å². The van der Waals surface area contributed by atoms with E-state index in [2.05, 4.69) is 33.4 Å². The molecule has 6 heteroatoms. The molecule has 0 saturated carbocycles. The number of piperazine rings is 2. The van der Waals surface area contributed by atoms with E-state index in [1.54, 1.807) is 0 Å². The second kappa shape index (κ2) is 9.00. The molecule has 2 aliphatic rings. The van der Waals surface area contributed by atoms with Crippen molar-refractivity contribution < 1.29 is 0 Å². The topological polar surface area (TPSA) is 47.1 Å². The van der Waals surface area contributed by atoms with Gasteiger partial charge < -0.3 is 9.80 Å². The molecular weight excluding hydrogens is 328 g/mol. The molecule has 26 heavy (non-hydrogen) atoms. The summed E-state index contributed by atoms with van der Waals surface area (Å²) in [6, 6.07) is 0. The molecular formula is C20H34N4O2. The summed E-state index contributed by atoms with van der Waals surface area (Å²) in [6.07, 6.45) is 4.89. The van der Waals surface area contributed by atoms with Crippen molar-refractivity contribution in [2.45, 2.75) is 39.5 Å². The fourth-order valence-corrected chi connectivity index (χ4v) is 4.11. The highest BCUT2D eigenvalue weighted by atomic mass is 16.2. The summed E-state index contributed by atoms with van der Waals surface area (Å²) >= 11 is 0. The molecule has 0 unspecified atom stereocenters. The summed E-state index contributed by atoms with van der Waals surface area (Å²) < 4.78 is 0. The zero-order chi connectivity index (χ0) is 18.5. The number of hydrogen-bond acceptors (Lipinski definition) is 6. The van der Waals surface area contributed by atoms with Crippen LogP contribution in [0.3, 0.4) is 0 Å². The largest absolute Gasteiger partial charge is 0.364 e. The Kier molecular flexibility index (Phi) is 6.70. The molecule has 2 heterocycles. The molecule has 0 aromatic heterocycles. The van der Waals surface area contributed by atoms with Gasteiger partial charge in [0.05, 0.1) is 0 Å². The highest BCUT2D eigenvalue weighted by molar-refractivity contribution is 5.76. The van der Waals surface area contributed by atoms with E-state index in [1.807, 2.05) is 0 Å². The molecule has 0 aliphatic carbocycles. The molecule has 1 aromatic carbocycles. The normalized spacial score (nSPS) is 20.2. The van der Waals surface area contributed by atoms with Crippen molar-refractivity contribution in [2.75, 3.05) is 75.2 Å². The molecule has 146 valence electrons. The smallest absolute Gasteiger partial charge is 0.253 e. The molecule has 0 amide bonds. The van der Waals surface area contributed by atoms with E-state index in [0.29, 0.717) is 11.4 Å². The Morgan fingerprint density at radius 1 is 0.615 bits per heavy atom. The number of anilines is 2. The van der Waals surface area contributed by atoms with Gasteiger partial charge in [-0.2, -0.15) is 0 Å². The summed E-state index contributed by atoms with van der Waals surface area (Å²) in [6.45, 7) is 14.1. The molecule has 2 saturated heterocycles. The second-order valence-corrected chi connectivity index (χ2v) is 7.72. The summed E-state index contributed by atoms with van der Waals surface area (Å²) in [5.41, 5.74) is 0.866. The van der Waals surface area contributed by atoms with E-state index in [9.17, 15) is 9.59 Å². The van der Waals surface area contributed by atoms with Crippen LogP contribution in [0.4, 0.5) is 11.4 Å². The first-order valence-corrected chi connectivity index (χ1v) is 10.4. The zero-order valence-electron chi connectivity index (χ0n) is 16.5. The molecule has 0 bridgehead atoms. The molecule has 6 nitrogen and oxygen atoms in total. The standard InChI is InChI=1S/C20H34N4O2/c1-3-5-7-21-9-13-23(14-10-21)17-18(20(26)19(17)25)24-15-11-22(12-16-24)8-6-4-2/h3-16H2,1-2H3. The third-order valence-corrected chi connectivity index (χ3v) is 5.89. The predicted molar refractivity (Wildman–Crippen MR) is 108 cm³/mol. The number of rotatable bonds is 8. The molecule has 0 N–H and O–H groups in total. The van der Waals surface area contributed by atoms with Crippen LogP contribution < -0.4 is 20.7 Å². The van der Waals surface area contributed by atoms with Gasteiger partial charge in [-0.25, -0.2) is 0 Å². The van der Waals surface area contributed by atoms with Gasteiger partial charge in [-0.15, -0.1) is 0 Å². The van der Waals surface area contributed by atoms with Crippen LogP contribution in [0.1, 0.15) is 39.5 Å². The van der Waals surface area contributed by atoms with Crippen LogP contribution in [-0.4, -0.2) is 75.2 Å². The first-order valence-electron chi connectivity index (χ1n) is 10.4. The van der Waals surface area contributed by atoms with Gasteiger partial charge in [0.2, 0.25) is 0 Å². The molecule has 0 atom stereocenters. The lowest BCUT2D eigenvalue weighted by Gasteiger charge is -2.41. The van der Waals surface area contributed by atoms with Crippen molar-refractivity contribution >= 4 is 11.4 Å². The summed E-state index contributed by atoms with van der Waals surface area (Å²) in [5.74, 6) is 0. The first kappa shape index (κ1) is 19.4. The van der Waals surface area contributed by atoms with E-state index >= 15 is 0 Å². The van der Waals surface area contributed by atoms with Crippen molar-refractivity contribution in [3.05, 3.63) is 20.4 Å². The van der Waals surface area contributed by atoms with Gasteiger partial charge in [0.1, 0.15) is 11.4 Å². The van der Waals surface area contributed by atoms with Gasteiger partial charge in [-0.3, -0.25) is 19.4 Å². The molecule has 2 fully saturated rings. The van der Waals surface area contributed by atoms with Crippen molar-refractivity contribution in [2.24, 2.45) is 0 Å². The van der Waals surface area contributed by atoms with Gasteiger partial charge >= 0.3 is 0 Å². The maximum atomic E-state index is 12.3. The lowest BCUT2D eigenvalue weighted by Crippen LogP contribution is -2.55. The maximum absolute atomic E-state index is 12.3. The van der Waals surface area contributed by atoms with Crippen molar-refractivity contribution in [3.63, 3.8) is 0 Å². The van der Waals surface area contributed by atoms with Gasteiger partial charge in [0.15, 0.2) is 0 Å². The predicted octanol–water partition coefficient (Wildman–Crippen LogP) is 1.13. The van der Waals surface area contributed by atoms with Crippen molar-refractivity contribution in [3.8, 4) is 0 Å². The van der Waals surface area contributed by atoms with Gasteiger partial charge in [-0.05, 0) is 25.9 Å². The Bertz CT molecular complexity index is 581. The van der Waals surface area contributed by atoms with E-state index in [-0.39, 0.29) is 10.9 Å². The highest BCUT2D eigenvalue weighted by Gasteiger charge is 2.32. The minimum absolute atomic E-state index is 0.268. The first-order chi connectivity index (χ1) is 12.7. The van der Waals surface area contributed by atoms with Crippen molar-refractivity contribution in [1.29, 1.82) is 0 Å². The lowest BCUT2D eigenvalue weighted by molar-refractivity contribution is 0.251. The lowest BCUT2D eigenvalue weighted by atomic mass is 10.1. The molecule has 3 rings (SSSR count). The fourth-order valence-electron chi connectivity index (χ4n) is 4.11. The van der Waals surface area contributed by atoms with Crippen LogP contribution in [0.5, 0.6) is 0 Å². The van der Waals surface area contributed by atoms with Crippen LogP contribution >= 0.6 is 0 Å². The van der Waals surface area contributed by atoms with E-state index in [0.717, 1.165) is 65.4 Å². The summed E-state index contributed by atoms with van der Waals surface area (Å²) in [7, 11) is 0. The van der Waals surface area contributed by atoms with Gasteiger partial charge in [-0.1, -0.05) is 26.7 Å². The Morgan fingerprint density at radius 2 is 0.962 bits per heavy atom. The van der Waals surface area contributed by atoms with E-state index in [1.165, 1.54) is 25.7 Å².